The van der Waals surface area contributed by atoms with E-state index in [1.165, 1.54) is 49.9 Å². The van der Waals surface area contributed by atoms with Crippen LogP contribution in [0.2, 0.25) is 0 Å². The number of amides is 1. The molecule has 29 heavy (non-hydrogen) atoms. The SMILES string of the molecule is Cc1ccc(C(=O)CCC(=O)OCC(=O)N[C@H](C)C23CC4CC(CC(C4)C2)C3)s1. The molecule has 1 atom stereocenters. The third-order valence-electron chi connectivity index (χ3n) is 7.32. The molecule has 4 aliphatic carbocycles. The number of nitrogens with one attached hydrogen (secondary N) is 1. The molecule has 1 heterocycles. The number of rotatable bonds is 8. The van der Waals surface area contributed by atoms with Crippen molar-refractivity contribution in [2.75, 3.05) is 6.61 Å². The highest BCUT2D eigenvalue weighted by atomic mass is 32.1. The van der Waals surface area contributed by atoms with Gasteiger partial charge < -0.3 is 10.1 Å². The molecule has 1 aromatic heterocycles. The number of aryl methyl sites for hydroxylation is 1. The Morgan fingerprint density at radius 3 is 2.28 bits per heavy atom. The number of carbonyl (C=O) groups excluding carboxylic acids is 3. The van der Waals surface area contributed by atoms with E-state index < -0.39 is 5.97 Å². The van der Waals surface area contributed by atoms with E-state index in [0.717, 1.165) is 22.6 Å². The number of esters is 1. The second kappa shape index (κ2) is 8.21. The summed E-state index contributed by atoms with van der Waals surface area (Å²) in [6.45, 7) is 3.80. The van der Waals surface area contributed by atoms with Gasteiger partial charge in [-0.05, 0) is 87.7 Å². The van der Waals surface area contributed by atoms with Crippen LogP contribution in [-0.2, 0) is 14.3 Å². The summed E-state index contributed by atoms with van der Waals surface area (Å²) >= 11 is 1.43. The average Bonchev–Trinajstić information content (AvgIpc) is 3.10. The lowest BCUT2D eigenvalue weighted by Crippen LogP contribution is -2.56. The Hall–Kier alpha value is -1.69. The van der Waals surface area contributed by atoms with E-state index in [1.54, 1.807) is 6.07 Å². The lowest BCUT2D eigenvalue weighted by Gasteiger charge is -2.59. The summed E-state index contributed by atoms with van der Waals surface area (Å²) in [5, 5.41) is 3.10. The smallest absolute Gasteiger partial charge is 0.306 e. The van der Waals surface area contributed by atoms with E-state index in [4.69, 9.17) is 4.74 Å². The Bertz CT molecular complexity index is 763. The van der Waals surface area contributed by atoms with Crippen molar-refractivity contribution in [3.05, 3.63) is 21.9 Å². The van der Waals surface area contributed by atoms with Gasteiger partial charge in [0.05, 0.1) is 11.3 Å². The first-order valence-corrected chi connectivity index (χ1v) is 11.7. The molecule has 1 amide bonds. The van der Waals surface area contributed by atoms with Gasteiger partial charge in [0.15, 0.2) is 12.4 Å². The van der Waals surface area contributed by atoms with E-state index >= 15 is 0 Å². The zero-order chi connectivity index (χ0) is 20.6. The molecule has 0 unspecified atom stereocenters. The number of thiophene rings is 1. The minimum atomic E-state index is -0.496. The van der Waals surface area contributed by atoms with Gasteiger partial charge in [0.25, 0.3) is 5.91 Å². The van der Waals surface area contributed by atoms with Gasteiger partial charge in [0, 0.05) is 17.3 Å². The number of Topliss-reactive ketones (excluding diaryl/α,β-unsaturated/α-hetero) is 1. The number of ether oxygens (including phenoxy) is 1. The third kappa shape index (κ3) is 4.57. The molecule has 5 rings (SSSR count). The second-order valence-corrected chi connectivity index (χ2v) is 10.9. The van der Waals surface area contributed by atoms with Crippen LogP contribution in [0.25, 0.3) is 0 Å². The zero-order valence-corrected chi connectivity index (χ0v) is 18.2. The van der Waals surface area contributed by atoms with Gasteiger partial charge in [0.1, 0.15) is 0 Å². The topological polar surface area (TPSA) is 72.5 Å². The Morgan fingerprint density at radius 1 is 1.10 bits per heavy atom. The molecule has 4 fully saturated rings. The van der Waals surface area contributed by atoms with Gasteiger partial charge in [-0.2, -0.15) is 0 Å². The van der Waals surface area contributed by atoms with Crippen LogP contribution in [-0.4, -0.2) is 30.3 Å². The summed E-state index contributed by atoms with van der Waals surface area (Å²) in [5.74, 6) is 1.72. The summed E-state index contributed by atoms with van der Waals surface area (Å²) in [5.41, 5.74) is 0.236. The molecule has 0 saturated heterocycles. The quantitative estimate of drug-likeness (QED) is 0.506. The molecule has 0 aliphatic heterocycles. The van der Waals surface area contributed by atoms with Crippen molar-refractivity contribution >= 4 is 29.0 Å². The normalized spacial score (nSPS) is 30.8. The maximum atomic E-state index is 12.4. The molecular weight excluding hydrogens is 386 g/mol. The first-order chi connectivity index (χ1) is 13.8. The predicted molar refractivity (Wildman–Crippen MR) is 112 cm³/mol. The van der Waals surface area contributed by atoms with Crippen molar-refractivity contribution in [2.24, 2.45) is 23.2 Å². The van der Waals surface area contributed by atoms with Crippen LogP contribution in [0.4, 0.5) is 0 Å². The minimum Gasteiger partial charge on any atom is -0.456 e. The highest BCUT2D eigenvalue weighted by molar-refractivity contribution is 7.14. The minimum absolute atomic E-state index is 0.00753. The molecule has 0 spiro atoms. The zero-order valence-electron chi connectivity index (χ0n) is 17.4. The number of ketones is 1. The predicted octanol–water partition coefficient (Wildman–Crippen LogP) is 4.28. The van der Waals surface area contributed by atoms with Crippen LogP contribution >= 0.6 is 11.3 Å². The van der Waals surface area contributed by atoms with Gasteiger partial charge in [-0.3, -0.25) is 14.4 Å². The molecule has 0 radical (unpaired) electrons. The van der Waals surface area contributed by atoms with Crippen LogP contribution in [0.1, 0.15) is 72.8 Å². The average molecular weight is 418 g/mol. The maximum absolute atomic E-state index is 12.4. The summed E-state index contributed by atoms with van der Waals surface area (Å²) in [7, 11) is 0. The number of hydrogen-bond acceptors (Lipinski definition) is 5. The van der Waals surface area contributed by atoms with Crippen LogP contribution in [0.15, 0.2) is 12.1 Å². The standard InChI is InChI=1S/C23H31NO4S/c1-14-3-5-20(29-14)19(25)4-6-22(27)28-13-21(26)24-15(2)23-10-16-7-17(11-23)9-18(8-16)12-23/h3,5,15-18H,4,6-13H2,1-2H3,(H,24,26)/t15-,16?,17?,18?,23?/m1/s1. The molecule has 1 N–H and O–H groups in total. The Kier molecular flexibility index (Phi) is 5.83. The molecule has 5 nitrogen and oxygen atoms in total. The van der Waals surface area contributed by atoms with Gasteiger partial charge in [0.2, 0.25) is 0 Å². The number of carbonyl (C=O) groups is 3. The van der Waals surface area contributed by atoms with Crippen molar-refractivity contribution < 1.29 is 19.1 Å². The van der Waals surface area contributed by atoms with E-state index in [2.05, 4.69) is 12.2 Å². The maximum Gasteiger partial charge on any atom is 0.306 e. The van der Waals surface area contributed by atoms with Gasteiger partial charge in [-0.15, -0.1) is 11.3 Å². The summed E-state index contributed by atoms with van der Waals surface area (Å²) in [4.78, 5) is 38.1. The molecule has 4 bridgehead atoms. The molecule has 0 aromatic carbocycles. The summed E-state index contributed by atoms with van der Waals surface area (Å²) in [6, 6.07) is 3.80. The fourth-order valence-corrected chi connectivity index (χ4v) is 7.12. The second-order valence-electron chi connectivity index (χ2n) is 9.56. The van der Waals surface area contributed by atoms with Crippen LogP contribution in [0, 0.1) is 30.1 Å². The van der Waals surface area contributed by atoms with Crippen molar-refractivity contribution in [1.82, 2.24) is 5.32 Å². The third-order valence-corrected chi connectivity index (χ3v) is 8.36. The van der Waals surface area contributed by atoms with Gasteiger partial charge in [-0.1, -0.05) is 0 Å². The molecular formula is C23H31NO4S. The highest BCUT2D eigenvalue weighted by Crippen LogP contribution is 2.61. The monoisotopic (exact) mass is 417 g/mol. The van der Waals surface area contributed by atoms with E-state index in [1.807, 2.05) is 13.0 Å². The van der Waals surface area contributed by atoms with Crippen LogP contribution in [0.5, 0.6) is 0 Å². The number of hydrogen-bond donors (Lipinski definition) is 1. The lowest BCUT2D eigenvalue weighted by molar-refractivity contribution is -0.149. The first kappa shape index (κ1) is 20.6. The largest absolute Gasteiger partial charge is 0.456 e. The van der Waals surface area contributed by atoms with E-state index in [9.17, 15) is 14.4 Å². The molecule has 4 saturated carbocycles. The fourth-order valence-electron chi connectivity index (χ4n) is 6.29. The van der Waals surface area contributed by atoms with Crippen molar-refractivity contribution in [3.63, 3.8) is 0 Å². The van der Waals surface area contributed by atoms with E-state index in [-0.39, 0.29) is 42.6 Å². The lowest BCUT2D eigenvalue weighted by atomic mass is 9.48. The molecule has 1 aromatic rings. The van der Waals surface area contributed by atoms with Crippen molar-refractivity contribution in [1.29, 1.82) is 0 Å². The van der Waals surface area contributed by atoms with Crippen molar-refractivity contribution in [3.8, 4) is 0 Å². The Labute approximate surface area is 176 Å². The summed E-state index contributed by atoms with van der Waals surface area (Å²) < 4.78 is 5.12. The first-order valence-electron chi connectivity index (χ1n) is 10.9. The fraction of sp³-hybridized carbons (Fsp3) is 0.696. The van der Waals surface area contributed by atoms with E-state index in [0.29, 0.717) is 4.88 Å². The molecule has 6 heteroatoms. The van der Waals surface area contributed by atoms with Gasteiger partial charge in [-0.25, -0.2) is 0 Å². The highest BCUT2D eigenvalue weighted by Gasteiger charge is 2.53. The van der Waals surface area contributed by atoms with Crippen LogP contribution < -0.4 is 5.32 Å². The Balaban J connectivity index is 1.20. The molecule has 158 valence electrons. The Morgan fingerprint density at radius 2 is 1.72 bits per heavy atom. The van der Waals surface area contributed by atoms with Crippen molar-refractivity contribution in [2.45, 2.75) is 71.3 Å². The summed E-state index contributed by atoms with van der Waals surface area (Å²) in [6.07, 6.45) is 7.93. The van der Waals surface area contributed by atoms with Gasteiger partial charge >= 0.3 is 5.97 Å². The molecule has 4 aliphatic rings. The van der Waals surface area contributed by atoms with Crippen LogP contribution in [0.3, 0.4) is 0 Å².